The Labute approximate surface area is 195 Å². The van der Waals surface area contributed by atoms with E-state index in [0.29, 0.717) is 30.1 Å². The molecule has 0 spiro atoms. The Morgan fingerprint density at radius 1 is 0.906 bits per heavy atom. The molecule has 6 nitrogen and oxygen atoms in total. The summed E-state index contributed by atoms with van der Waals surface area (Å²) in [5, 5.41) is 2.92. The van der Waals surface area contributed by atoms with Crippen LogP contribution in [-0.4, -0.2) is 50.0 Å². The van der Waals surface area contributed by atoms with Crippen molar-refractivity contribution in [3.8, 4) is 5.75 Å². The highest BCUT2D eigenvalue weighted by Gasteiger charge is 2.22. The van der Waals surface area contributed by atoms with Crippen molar-refractivity contribution in [2.24, 2.45) is 0 Å². The number of halogens is 1. The number of nitrogens with one attached hydrogen (secondary N) is 1. The summed E-state index contributed by atoms with van der Waals surface area (Å²) in [4.78, 5) is 29.5. The number of ether oxygens (including phenoxy) is 1. The van der Waals surface area contributed by atoms with Crippen LogP contribution in [0.2, 0.25) is 0 Å². The van der Waals surface area contributed by atoms with Crippen molar-refractivity contribution >= 4 is 39.1 Å². The Morgan fingerprint density at radius 2 is 1.59 bits per heavy atom. The first kappa shape index (κ1) is 21.9. The molecule has 0 saturated carbocycles. The number of amides is 2. The maximum Gasteiger partial charge on any atom is 0.259 e. The molecule has 0 unspecified atom stereocenters. The number of piperazine rings is 1. The van der Waals surface area contributed by atoms with Crippen LogP contribution < -0.4 is 15.0 Å². The van der Waals surface area contributed by atoms with Crippen LogP contribution in [0.25, 0.3) is 0 Å². The quantitative estimate of drug-likeness (QED) is 0.560. The number of methoxy groups -OCH3 is 1. The molecule has 3 aromatic rings. The van der Waals surface area contributed by atoms with Crippen LogP contribution in [0.3, 0.4) is 0 Å². The van der Waals surface area contributed by atoms with E-state index in [1.807, 2.05) is 65.6 Å². The third-order valence-corrected chi connectivity index (χ3v) is 5.98. The SMILES string of the molecule is COc1ccc(Br)cc1C(=O)Nc1ccc(N2CCN(C(=O)c3ccccc3)CC2)cc1. The molecular weight excluding hydrogens is 470 g/mol. The van der Waals surface area contributed by atoms with Crippen molar-refractivity contribution in [2.75, 3.05) is 43.5 Å². The lowest BCUT2D eigenvalue weighted by Crippen LogP contribution is -2.48. The Kier molecular flexibility index (Phi) is 6.75. The summed E-state index contributed by atoms with van der Waals surface area (Å²) in [5.74, 6) is 0.362. The molecule has 1 saturated heterocycles. The number of carbonyl (C=O) groups is 2. The van der Waals surface area contributed by atoms with Gasteiger partial charge in [0.25, 0.3) is 11.8 Å². The van der Waals surface area contributed by atoms with Crippen LogP contribution in [0.15, 0.2) is 77.3 Å². The second kappa shape index (κ2) is 9.87. The number of hydrogen-bond donors (Lipinski definition) is 1. The van der Waals surface area contributed by atoms with Gasteiger partial charge >= 0.3 is 0 Å². The van der Waals surface area contributed by atoms with Crippen LogP contribution in [-0.2, 0) is 0 Å². The van der Waals surface area contributed by atoms with Gasteiger partial charge in [-0.2, -0.15) is 0 Å². The molecule has 0 atom stereocenters. The van der Waals surface area contributed by atoms with Gasteiger partial charge in [-0.25, -0.2) is 0 Å². The fourth-order valence-electron chi connectivity index (χ4n) is 3.74. The first-order chi connectivity index (χ1) is 15.5. The molecular formula is C25H24BrN3O3. The van der Waals surface area contributed by atoms with Gasteiger partial charge in [-0.15, -0.1) is 0 Å². The van der Waals surface area contributed by atoms with E-state index in [1.165, 1.54) is 0 Å². The van der Waals surface area contributed by atoms with Crippen molar-refractivity contribution in [1.82, 2.24) is 4.90 Å². The molecule has 0 aliphatic carbocycles. The maximum absolute atomic E-state index is 12.7. The predicted octanol–water partition coefficient (Wildman–Crippen LogP) is 4.67. The second-order valence-electron chi connectivity index (χ2n) is 7.49. The molecule has 0 bridgehead atoms. The summed E-state index contributed by atoms with van der Waals surface area (Å²) in [7, 11) is 1.54. The minimum atomic E-state index is -0.232. The number of nitrogens with zero attached hydrogens (tertiary/aromatic N) is 2. The third-order valence-electron chi connectivity index (χ3n) is 5.48. The normalized spacial score (nSPS) is 13.6. The zero-order valence-corrected chi connectivity index (χ0v) is 19.3. The molecule has 1 heterocycles. The number of carbonyl (C=O) groups excluding carboxylic acids is 2. The Morgan fingerprint density at radius 3 is 2.25 bits per heavy atom. The summed E-state index contributed by atoms with van der Waals surface area (Å²) in [5.41, 5.74) is 2.96. The lowest BCUT2D eigenvalue weighted by Gasteiger charge is -2.36. The van der Waals surface area contributed by atoms with Gasteiger partial charge in [0, 0.05) is 47.6 Å². The Balaban J connectivity index is 1.36. The minimum absolute atomic E-state index is 0.0753. The molecule has 2 amide bonds. The zero-order valence-electron chi connectivity index (χ0n) is 17.8. The van der Waals surface area contributed by atoms with E-state index < -0.39 is 0 Å². The molecule has 1 aliphatic rings. The van der Waals surface area contributed by atoms with Crippen LogP contribution in [0, 0.1) is 0 Å². The highest BCUT2D eigenvalue weighted by Crippen LogP contribution is 2.25. The summed E-state index contributed by atoms with van der Waals surface area (Å²) in [6.45, 7) is 2.88. The first-order valence-corrected chi connectivity index (χ1v) is 11.2. The largest absolute Gasteiger partial charge is 0.496 e. The summed E-state index contributed by atoms with van der Waals surface area (Å²) >= 11 is 3.39. The molecule has 0 radical (unpaired) electrons. The van der Waals surface area contributed by atoms with E-state index >= 15 is 0 Å². The van der Waals surface area contributed by atoms with Crippen LogP contribution >= 0.6 is 15.9 Å². The van der Waals surface area contributed by atoms with Crippen LogP contribution in [0.4, 0.5) is 11.4 Å². The highest BCUT2D eigenvalue weighted by molar-refractivity contribution is 9.10. The van der Waals surface area contributed by atoms with E-state index in [0.717, 1.165) is 28.8 Å². The molecule has 1 aliphatic heterocycles. The maximum atomic E-state index is 12.7. The Hall–Kier alpha value is -3.32. The van der Waals surface area contributed by atoms with E-state index in [2.05, 4.69) is 26.1 Å². The smallest absolute Gasteiger partial charge is 0.259 e. The van der Waals surface area contributed by atoms with E-state index in [1.54, 1.807) is 19.2 Å². The van der Waals surface area contributed by atoms with E-state index in [9.17, 15) is 9.59 Å². The molecule has 1 N–H and O–H groups in total. The number of rotatable bonds is 5. The predicted molar refractivity (Wildman–Crippen MR) is 130 cm³/mol. The van der Waals surface area contributed by atoms with Gasteiger partial charge in [-0.1, -0.05) is 34.1 Å². The molecule has 32 heavy (non-hydrogen) atoms. The molecule has 7 heteroatoms. The molecule has 1 fully saturated rings. The van der Waals surface area contributed by atoms with Gasteiger partial charge in [-0.05, 0) is 54.6 Å². The first-order valence-electron chi connectivity index (χ1n) is 10.4. The number of anilines is 2. The third kappa shape index (κ3) is 4.94. The summed E-state index contributed by atoms with van der Waals surface area (Å²) in [6, 6.07) is 22.5. The van der Waals surface area contributed by atoms with Crippen molar-refractivity contribution in [2.45, 2.75) is 0 Å². The molecule has 0 aromatic heterocycles. The second-order valence-corrected chi connectivity index (χ2v) is 8.41. The van der Waals surface area contributed by atoms with Crippen LogP contribution in [0.1, 0.15) is 20.7 Å². The van der Waals surface area contributed by atoms with Gasteiger partial charge in [-0.3, -0.25) is 9.59 Å². The lowest BCUT2D eigenvalue weighted by atomic mass is 10.1. The summed E-state index contributed by atoms with van der Waals surface area (Å²) in [6.07, 6.45) is 0. The molecule has 4 rings (SSSR count). The molecule has 164 valence electrons. The highest BCUT2D eigenvalue weighted by atomic mass is 79.9. The van der Waals surface area contributed by atoms with Crippen molar-refractivity contribution in [3.63, 3.8) is 0 Å². The van der Waals surface area contributed by atoms with Gasteiger partial charge in [0.1, 0.15) is 5.75 Å². The fourth-order valence-corrected chi connectivity index (χ4v) is 4.10. The fraction of sp³-hybridized carbons (Fsp3) is 0.200. The average molecular weight is 494 g/mol. The average Bonchev–Trinajstić information content (AvgIpc) is 2.84. The number of benzene rings is 3. The van der Waals surface area contributed by atoms with Gasteiger partial charge in [0.15, 0.2) is 0 Å². The van der Waals surface area contributed by atoms with E-state index in [4.69, 9.17) is 4.74 Å². The van der Waals surface area contributed by atoms with Crippen LogP contribution in [0.5, 0.6) is 5.75 Å². The van der Waals surface area contributed by atoms with Crippen molar-refractivity contribution in [3.05, 3.63) is 88.4 Å². The van der Waals surface area contributed by atoms with Crippen molar-refractivity contribution < 1.29 is 14.3 Å². The monoisotopic (exact) mass is 493 g/mol. The number of hydrogen-bond acceptors (Lipinski definition) is 4. The standard InChI is InChI=1S/C25H24BrN3O3/c1-32-23-12-7-19(26)17-22(23)24(30)27-20-8-10-21(11-9-20)28-13-15-29(16-14-28)25(31)18-5-3-2-4-6-18/h2-12,17H,13-16H2,1H3,(H,27,30). The zero-order chi connectivity index (χ0) is 22.5. The molecule has 3 aromatic carbocycles. The topological polar surface area (TPSA) is 61.9 Å². The van der Waals surface area contributed by atoms with Gasteiger partial charge < -0.3 is 19.9 Å². The minimum Gasteiger partial charge on any atom is -0.496 e. The Bertz CT molecular complexity index is 1100. The lowest BCUT2D eigenvalue weighted by molar-refractivity contribution is 0.0746. The van der Waals surface area contributed by atoms with Crippen molar-refractivity contribution in [1.29, 1.82) is 0 Å². The van der Waals surface area contributed by atoms with E-state index in [-0.39, 0.29) is 11.8 Å². The summed E-state index contributed by atoms with van der Waals surface area (Å²) < 4.78 is 6.10. The van der Waals surface area contributed by atoms with Gasteiger partial charge in [0.2, 0.25) is 0 Å². The van der Waals surface area contributed by atoms with Gasteiger partial charge in [0.05, 0.1) is 12.7 Å².